The van der Waals surface area contributed by atoms with Crippen LogP contribution in [0.25, 0.3) is 49.0 Å². The number of pyridine rings is 2. The lowest BCUT2D eigenvalue weighted by Crippen LogP contribution is -2.20. The van der Waals surface area contributed by atoms with E-state index in [-0.39, 0.29) is 5.41 Å². The van der Waals surface area contributed by atoms with Gasteiger partial charge in [0.2, 0.25) is 0 Å². The van der Waals surface area contributed by atoms with Crippen LogP contribution in [-0.2, 0) is 5.41 Å². The number of aryl methyl sites for hydroxylation is 1. The highest BCUT2D eigenvalue weighted by Gasteiger charge is 2.31. The van der Waals surface area contributed by atoms with Gasteiger partial charge in [0.15, 0.2) is 0 Å². The molecule has 0 bridgehead atoms. The molecule has 182 valence electrons. The van der Waals surface area contributed by atoms with Gasteiger partial charge >= 0.3 is 0 Å². The van der Waals surface area contributed by atoms with Gasteiger partial charge in [-0.3, -0.25) is 4.98 Å². The van der Waals surface area contributed by atoms with Gasteiger partial charge in [-0.25, -0.2) is 0 Å². The fraction of sp³-hybridized carbons (Fsp3) is 0.382. The molecule has 0 atom stereocenters. The van der Waals surface area contributed by atoms with E-state index in [0.29, 0.717) is 11.3 Å². The molecule has 0 amide bonds. The smallest absolute Gasteiger partial charge is 0.0822 e. The maximum atomic E-state index is 5.04. The third-order valence-electron chi connectivity index (χ3n) is 9.01. The number of hydrogen-bond acceptors (Lipinski definition) is 1. The topological polar surface area (TPSA) is 17.3 Å². The van der Waals surface area contributed by atoms with Crippen LogP contribution in [0.4, 0.5) is 0 Å². The SMILES string of the molecule is Cc1cc(C(C)(C)C)c2c(c1)c1nccc3cc(C4CCC(C)(C)CC4)c4c5ccccc5n2c4c31. The lowest BCUT2D eigenvalue weighted by molar-refractivity contribution is 0.225. The summed E-state index contributed by atoms with van der Waals surface area (Å²) in [5.41, 5.74) is 9.90. The van der Waals surface area contributed by atoms with Crippen LogP contribution in [0.15, 0.2) is 54.7 Å². The second kappa shape index (κ2) is 7.22. The zero-order valence-electron chi connectivity index (χ0n) is 22.5. The minimum atomic E-state index is 0.0196. The van der Waals surface area contributed by atoms with Crippen molar-refractivity contribution in [3.8, 4) is 0 Å². The molecule has 0 unspecified atom stereocenters. The van der Waals surface area contributed by atoms with Crippen LogP contribution in [0.3, 0.4) is 0 Å². The van der Waals surface area contributed by atoms with Gasteiger partial charge in [0.1, 0.15) is 0 Å². The van der Waals surface area contributed by atoms with Gasteiger partial charge in [-0.2, -0.15) is 0 Å². The van der Waals surface area contributed by atoms with Crippen molar-refractivity contribution in [3.63, 3.8) is 0 Å². The maximum Gasteiger partial charge on any atom is 0.0822 e. The van der Waals surface area contributed by atoms with Gasteiger partial charge in [0, 0.05) is 27.7 Å². The van der Waals surface area contributed by atoms with Gasteiger partial charge in [-0.05, 0) is 90.1 Å². The molecule has 36 heavy (non-hydrogen) atoms. The minimum Gasteiger partial charge on any atom is -0.308 e. The van der Waals surface area contributed by atoms with E-state index in [0.717, 1.165) is 5.52 Å². The molecular formula is C34H36N2. The quantitative estimate of drug-likeness (QED) is 0.172. The van der Waals surface area contributed by atoms with Crippen molar-refractivity contribution in [1.82, 2.24) is 9.38 Å². The summed E-state index contributed by atoms with van der Waals surface area (Å²) in [5, 5.41) is 6.77. The zero-order chi connectivity index (χ0) is 25.0. The molecule has 1 aliphatic carbocycles. The maximum absolute atomic E-state index is 5.04. The largest absolute Gasteiger partial charge is 0.308 e. The Morgan fingerprint density at radius 1 is 0.889 bits per heavy atom. The van der Waals surface area contributed by atoms with Crippen molar-refractivity contribution in [1.29, 1.82) is 0 Å². The standard InChI is InChI=1S/C34H36N2/c1-20-17-25-30-28-22(13-16-35-30)19-24(21-11-14-34(5,6)15-12-21)29-23-9-7-8-10-27(23)36(32(28)29)31(25)26(18-20)33(2,3)4/h7-10,13,16-19,21H,11-12,14-15H2,1-6H3. The highest BCUT2D eigenvalue weighted by atomic mass is 14.9. The van der Waals surface area contributed by atoms with Crippen molar-refractivity contribution in [2.45, 2.75) is 78.6 Å². The Labute approximate surface area is 213 Å². The van der Waals surface area contributed by atoms with Crippen LogP contribution in [0, 0.1) is 12.3 Å². The van der Waals surface area contributed by atoms with Crippen LogP contribution in [-0.4, -0.2) is 9.38 Å². The summed E-state index contributed by atoms with van der Waals surface area (Å²) in [7, 11) is 0. The van der Waals surface area contributed by atoms with Gasteiger partial charge < -0.3 is 4.40 Å². The van der Waals surface area contributed by atoms with E-state index in [2.05, 4.69) is 94.5 Å². The molecule has 2 heteroatoms. The first kappa shape index (κ1) is 22.1. The first-order valence-corrected chi connectivity index (χ1v) is 13.6. The Balaban J connectivity index is 1.74. The van der Waals surface area contributed by atoms with E-state index in [1.54, 1.807) is 5.56 Å². The fourth-order valence-corrected chi connectivity index (χ4v) is 7.10. The highest BCUT2D eigenvalue weighted by molar-refractivity contribution is 6.28. The molecule has 2 nitrogen and oxygen atoms in total. The number of benzene rings is 3. The van der Waals surface area contributed by atoms with Crippen molar-refractivity contribution < 1.29 is 0 Å². The van der Waals surface area contributed by atoms with Gasteiger partial charge in [0.25, 0.3) is 0 Å². The lowest BCUT2D eigenvalue weighted by Gasteiger charge is -2.35. The summed E-state index contributed by atoms with van der Waals surface area (Å²) >= 11 is 0. The predicted octanol–water partition coefficient (Wildman–Crippen LogP) is 9.67. The molecule has 1 fully saturated rings. The molecule has 7 rings (SSSR count). The number of hydrogen-bond donors (Lipinski definition) is 0. The van der Waals surface area contributed by atoms with E-state index in [1.165, 1.54) is 80.3 Å². The number of aromatic nitrogens is 2. The van der Waals surface area contributed by atoms with E-state index in [9.17, 15) is 0 Å². The molecule has 0 spiro atoms. The molecule has 0 radical (unpaired) electrons. The van der Waals surface area contributed by atoms with Crippen molar-refractivity contribution in [2.24, 2.45) is 5.41 Å². The van der Waals surface area contributed by atoms with Crippen molar-refractivity contribution in [3.05, 3.63) is 71.4 Å². The molecule has 6 aromatic rings. The Kier molecular flexibility index (Phi) is 4.43. The number of rotatable bonds is 1. The van der Waals surface area contributed by atoms with Crippen LogP contribution < -0.4 is 0 Å². The molecule has 0 N–H and O–H groups in total. The first-order chi connectivity index (χ1) is 17.1. The Bertz CT molecular complexity index is 1800. The third-order valence-corrected chi connectivity index (χ3v) is 9.01. The van der Waals surface area contributed by atoms with Gasteiger partial charge in [0.05, 0.1) is 22.1 Å². The van der Waals surface area contributed by atoms with E-state index in [4.69, 9.17) is 4.98 Å². The molecule has 1 aliphatic rings. The summed E-state index contributed by atoms with van der Waals surface area (Å²) in [6.07, 6.45) is 7.17. The van der Waals surface area contributed by atoms with Crippen LogP contribution in [0.1, 0.15) is 82.9 Å². The lowest BCUT2D eigenvalue weighted by atomic mass is 9.70. The second-order valence-electron chi connectivity index (χ2n) is 13.2. The normalized spacial score (nSPS) is 17.4. The number of nitrogens with zero attached hydrogens (tertiary/aromatic N) is 2. The van der Waals surface area contributed by atoms with Crippen LogP contribution in [0.2, 0.25) is 0 Å². The summed E-state index contributed by atoms with van der Waals surface area (Å²) in [5.74, 6) is 0.611. The molecule has 0 saturated heterocycles. The van der Waals surface area contributed by atoms with Gasteiger partial charge in [-0.1, -0.05) is 64.4 Å². The Morgan fingerprint density at radius 2 is 1.64 bits per heavy atom. The van der Waals surface area contributed by atoms with E-state index < -0.39 is 0 Å². The van der Waals surface area contributed by atoms with Crippen molar-refractivity contribution >= 4 is 49.0 Å². The van der Waals surface area contributed by atoms with Crippen LogP contribution >= 0.6 is 0 Å². The third kappa shape index (κ3) is 3.00. The number of fused-ring (bicyclic) bond motifs is 6. The highest BCUT2D eigenvalue weighted by Crippen LogP contribution is 2.49. The Hall–Kier alpha value is -3.13. The monoisotopic (exact) mass is 472 g/mol. The molecule has 0 aliphatic heterocycles. The molecule has 1 saturated carbocycles. The zero-order valence-corrected chi connectivity index (χ0v) is 22.5. The second-order valence-corrected chi connectivity index (χ2v) is 13.2. The first-order valence-electron chi connectivity index (χ1n) is 13.6. The average Bonchev–Trinajstić information content (AvgIpc) is 3.18. The van der Waals surface area contributed by atoms with Gasteiger partial charge in [-0.15, -0.1) is 0 Å². The summed E-state index contributed by atoms with van der Waals surface area (Å²) in [6.45, 7) is 14.1. The molecule has 3 aromatic heterocycles. The minimum absolute atomic E-state index is 0.0196. The summed E-state index contributed by atoms with van der Waals surface area (Å²) < 4.78 is 2.60. The van der Waals surface area contributed by atoms with Crippen LogP contribution in [0.5, 0.6) is 0 Å². The number of para-hydroxylation sites is 1. The van der Waals surface area contributed by atoms with Crippen molar-refractivity contribution in [2.75, 3.05) is 0 Å². The molecule has 3 heterocycles. The summed E-state index contributed by atoms with van der Waals surface area (Å²) in [6, 6.07) is 18.6. The molecular weight excluding hydrogens is 436 g/mol. The Morgan fingerprint density at radius 3 is 2.39 bits per heavy atom. The molecule has 3 aromatic carbocycles. The average molecular weight is 473 g/mol. The summed E-state index contributed by atoms with van der Waals surface area (Å²) in [4.78, 5) is 5.04. The van der Waals surface area contributed by atoms with E-state index >= 15 is 0 Å². The predicted molar refractivity (Wildman–Crippen MR) is 155 cm³/mol. The van der Waals surface area contributed by atoms with E-state index in [1.807, 2.05) is 6.20 Å². The fourth-order valence-electron chi connectivity index (χ4n) is 7.10.